The first kappa shape index (κ1) is 13.0. The van der Waals surface area contributed by atoms with E-state index in [1.165, 1.54) is 7.11 Å². The van der Waals surface area contributed by atoms with E-state index in [4.69, 9.17) is 5.73 Å². The quantitative estimate of drug-likeness (QED) is 0.827. The highest BCUT2D eigenvalue weighted by Gasteiger charge is 2.17. The van der Waals surface area contributed by atoms with Crippen molar-refractivity contribution in [3.8, 4) is 0 Å². The molecule has 1 unspecified atom stereocenters. The molecule has 0 bridgehead atoms. The molecular weight excluding hydrogens is 272 g/mol. The fourth-order valence-corrected chi connectivity index (χ4v) is 1.65. The number of methoxy groups -OCH3 is 1. The maximum atomic E-state index is 11.4. The number of esters is 1. The first-order valence-electron chi connectivity index (χ1n) is 4.89. The monoisotopic (exact) mass is 286 g/mol. The number of hydrogen-bond donors (Lipinski definition) is 2. The van der Waals surface area contributed by atoms with Crippen LogP contribution in [-0.4, -0.2) is 25.7 Å². The maximum absolute atomic E-state index is 11.4. The molecule has 16 heavy (non-hydrogen) atoms. The smallest absolute Gasteiger partial charge is 0.329 e. The number of nitrogens with two attached hydrogens (primary N) is 1. The van der Waals surface area contributed by atoms with Crippen molar-refractivity contribution in [3.63, 3.8) is 0 Å². The number of benzene rings is 1. The zero-order chi connectivity index (χ0) is 12.1. The number of carbonyl (C=O) groups is 1. The summed E-state index contributed by atoms with van der Waals surface area (Å²) in [4.78, 5) is 11.4. The minimum atomic E-state index is -0.525. The predicted molar refractivity (Wildman–Crippen MR) is 67.4 cm³/mol. The Morgan fingerprint density at radius 1 is 1.62 bits per heavy atom. The van der Waals surface area contributed by atoms with Gasteiger partial charge in [-0.2, -0.15) is 0 Å². The Bertz CT molecular complexity index is 382. The van der Waals surface area contributed by atoms with Gasteiger partial charge in [0.1, 0.15) is 6.04 Å². The van der Waals surface area contributed by atoms with Crippen LogP contribution in [0.5, 0.6) is 0 Å². The van der Waals surface area contributed by atoms with Gasteiger partial charge >= 0.3 is 5.97 Å². The summed E-state index contributed by atoms with van der Waals surface area (Å²) in [6.45, 7) is 2.17. The van der Waals surface area contributed by atoms with E-state index in [1.807, 2.05) is 25.1 Å². The summed E-state index contributed by atoms with van der Waals surface area (Å²) in [5, 5.41) is 3.04. The molecule has 1 atom stereocenters. The number of carbonyl (C=O) groups excluding carboxylic acids is 1. The Morgan fingerprint density at radius 3 is 2.88 bits per heavy atom. The van der Waals surface area contributed by atoms with Gasteiger partial charge in [-0.15, -0.1) is 0 Å². The van der Waals surface area contributed by atoms with E-state index in [1.54, 1.807) is 0 Å². The van der Waals surface area contributed by atoms with E-state index in [0.717, 1.165) is 15.7 Å². The minimum Gasteiger partial charge on any atom is -0.467 e. The van der Waals surface area contributed by atoms with Gasteiger partial charge in [-0.05, 0) is 40.5 Å². The van der Waals surface area contributed by atoms with Gasteiger partial charge < -0.3 is 15.8 Å². The molecule has 3 N–H and O–H groups in total. The van der Waals surface area contributed by atoms with Gasteiger partial charge in [0.15, 0.2) is 0 Å². The Hall–Kier alpha value is -1.07. The van der Waals surface area contributed by atoms with Crippen molar-refractivity contribution in [2.24, 2.45) is 5.73 Å². The van der Waals surface area contributed by atoms with Gasteiger partial charge in [0.2, 0.25) is 0 Å². The van der Waals surface area contributed by atoms with Gasteiger partial charge in [0.25, 0.3) is 0 Å². The second-order valence-electron chi connectivity index (χ2n) is 3.44. The topological polar surface area (TPSA) is 64.3 Å². The summed E-state index contributed by atoms with van der Waals surface area (Å²) in [5.74, 6) is -0.365. The molecule has 0 aliphatic heterocycles. The molecular formula is C11H15BrN2O2. The molecule has 1 rings (SSSR count). The summed E-state index contributed by atoms with van der Waals surface area (Å²) >= 11 is 3.40. The highest BCUT2D eigenvalue weighted by molar-refractivity contribution is 9.10. The summed E-state index contributed by atoms with van der Waals surface area (Å²) in [5.41, 5.74) is 7.44. The van der Waals surface area contributed by atoms with Crippen LogP contribution in [0.3, 0.4) is 0 Å². The van der Waals surface area contributed by atoms with Crippen molar-refractivity contribution in [2.75, 3.05) is 19.0 Å². The lowest BCUT2D eigenvalue weighted by Gasteiger charge is -2.17. The molecule has 0 saturated carbocycles. The van der Waals surface area contributed by atoms with Crippen molar-refractivity contribution in [3.05, 3.63) is 28.2 Å². The molecule has 1 aromatic rings. The zero-order valence-corrected chi connectivity index (χ0v) is 10.9. The Kier molecular flexibility index (Phi) is 4.76. The van der Waals surface area contributed by atoms with E-state index in [0.29, 0.717) is 0 Å². The minimum absolute atomic E-state index is 0.188. The highest BCUT2D eigenvalue weighted by Crippen LogP contribution is 2.24. The number of halogens is 1. The summed E-state index contributed by atoms with van der Waals surface area (Å²) in [7, 11) is 1.35. The number of nitrogens with one attached hydrogen (secondary N) is 1. The van der Waals surface area contributed by atoms with Gasteiger partial charge in [0, 0.05) is 16.7 Å². The Balaban J connectivity index is 2.85. The van der Waals surface area contributed by atoms with Crippen LogP contribution >= 0.6 is 15.9 Å². The standard InChI is InChI=1S/C11H15BrN2O2/c1-7-3-4-8(12)9(5-7)14-10(6-13)11(15)16-2/h3-5,10,14H,6,13H2,1-2H3. The van der Waals surface area contributed by atoms with Crippen LogP contribution < -0.4 is 11.1 Å². The zero-order valence-electron chi connectivity index (χ0n) is 9.29. The largest absolute Gasteiger partial charge is 0.467 e. The molecule has 0 heterocycles. The van der Waals surface area contributed by atoms with E-state index in [9.17, 15) is 4.79 Å². The normalized spacial score (nSPS) is 12.0. The fourth-order valence-electron chi connectivity index (χ4n) is 1.29. The molecule has 4 nitrogen and oxygen atoms in total. The molecule has 0 fully saturated rings. The molecule has 0 aliphatic rings. The summed E-state index contributed by atoms with van der Waals surface area (Å²) in [6, 6.07) is 5.31. The van der Waals surface area contributed by atoms with Crippen molar-refractivity contribution < 1.29 is 9.53 Å². The third-order valence-electron chi connectivity index (χ3n) is 2.17. The van der Waals surface area contributed by atoms with E-state index in [-0.39, 0.29) is 12.5 Å². The predicted octanol–water partition coefficient (Wildman–Crippen LogP) is 1.67. The van der Waals surface area contributed by atoms with Crippen LogP contribution in [0.2, 0.25) is 0 Å². The van der Waals surface area contributed by atoms with Crippen molar-refractivity contribution in [2.45, 2.75) is 13.0 Å². The summed E-state index contributed by atoms with van der Waals surface area (Å²) in [6.07, 6.45) is 0. The van der Waals surface area contributed by atoms with E-state index < -0.39 is 6.04 Å². The fraction of sp³-hybridized carbons (Fsp3) is 0.364. The van der Waals surface area contributed by atoms with Crippen LogP contribution in [0.15, 0.2) is 22.7 Å². The second-order valence-corrected chi connectivity index (χ2v) is 4.29. The maximum Gasteiger partial charge on any atom is 0.329 e. The number of aryl methyl sites for hydroxylation is 1. The van der Waals surface area contributed by atoms with Gasteiger partial charge in [-0.25, -0.2) is 4.79 Å². The van der Waals surface area contributed by atoms with E-state index >= 15 is 0 Å². The third-order valence-corrected chi connectivity index (χ3v) is 2.86. The van der Waals surface area contributed by atoms with Crippen molar-refractivity contribution >= 4 is 27.6 Å². The molecule has 1 aromatic carbocycles. The lowest BCUT2D eigenvalue weighted by Crippen LogP contribution is -2.37. The molecule has 0 radical (unpaired) electrons. The number of hydrogen-bond acceptors (Lipinski definition) is 4. The molecule has 0 spiro atoms. The van der Waals surface area contributed by atoms with Crippen LogP contribution in [0, 0.1) is 6.92 Å². The Labute approximate surface area is 103 Å². The number of rotatable bonds is 4. The Morgan fingerprint density at radius 2 is 2.31 bits per heavy atom. The number of anilines is 1. The van der Waals surface area contributed by atoms with E-state index in [2.05, 4.69) is 26.0 Å². The third kappa shape index (κ3) is 3.21. The van der Waals surface area contributed by atoms with Crippen molar-refractivity contribution in [1.82, 2.24) is 0 Å². The average molecular weight is 287 g/mol. The van der Waals surface area contributed by atoms with Crippen LogP contribution in [-0.2, 0) is 9.53 Å². The van der Waals surface area contributed by atoms with Crippen LogP contribution in [0.25, 0.3) is 0 Å². The molecule has 0 saturated heterocycles. The second kappa shape index (κ2) is 5.86. The molecule has 88 valence electrons. The van der Waals surface area contributed by atoms with Crippen LogP contribution in [0.1, 0.15) is 5.56 Å². The first-order valence-corrected chi connectivity index (χ1v) is 5.68. The SMILES string of the molecule is COC(=O)C(CN)Nc1cc(C)ccc1Br. The van der Waals surface area contributed by atoms with Crippen molar-refractivity contribution in [1.29, 1.82) is 0 Å². The highest BCUT2D eigenvalue weighted by atomic mass is 79.9. The molecule has 0 amide bonds. The summed E-state index contributed by atoms with van der Waals surface area (Å²) < 4.78 is 5.54. The first-order chi connectivity index (χ1) is 7.58. The lowest BCUT2D eigenvalue weighted by atomic mass is 10.2. The van der Waals surface area contributed by atoms with Crippen LogP contribution in [0.4, 0.5) is 5.69 Å². The molecule has 5 heteroatoms. The lowest BCUT2D eigenvalue weighted by molar-refractivity contribution is -0.141. The number of ether oxygens (including phenoxy) is 1. The average Bonchev–Trinajstić information content (AvgIpc) is 2.29. The van der Waals surface area contributed by atoms with Gasteiger partial charge in [0.05, 0.1) is 7.11 Å². The molecule has 0 aliphatic carbocycles. The molecule has 0 aromatic heterocycles. The van der Waals surface area contributed by atoms with Gasteiger partial charge in [-0.1, -0.05) is 6.07 Å². The van der Waals surface area contributed by atoms with Gasteiger partial charge in [-0.3, -0.25) is 0 Å².